The van der Waals surface area contributed by atoms with Crippen LogP contribution in [0.2, 0.25) is 0 Å². The predicted molar refractivity (Wildman–Crippen MR) is 124 cm³/mol. The van der Waals surface area contributed by atoms with Crippen LogP contribution >= 0.6 is 0 Å². The summed E-state index contributed by atoms with van der Waals surface area (Å²) in [6.45, 7) is 4.06. The minimum atomic E-state index is -0.540. The molecule has 0 saturated heterocycles. The molecule has 3 aromatic heterocycles. The van der Waals surface area contributed by atoms with Crippen molar-refractivity contribution in [3.63, 3.8) is 0 Å². The molecule has 0 spiro atoms. The number of carbonyl (C=O) groups is 1. The van der Waals surface area contributed by atoms with Gasteiger partial charge in [-0.15, -0.1) is 0 Å². The minimum absolute atomic E-state index is 0.0906. The lowest BCUT2D eigenvalue weighted by Gasteiger charge is -2.10. The number of aromatic nitrogens is 4. The number of H-pyrrole nitrogens is 1. The van der Waals surface area contributed by atoms with Crippen molar-refractivity contribution in [1.82, 2.24) is 19.7 Å². The van der Waals surface area contributed by atoms with Gasteiger partial charge in [-0.25, -0.2) is 4.39 Å². The van der Waals surface area contributed by atoms with Gasteiger partial charge in [0.05, 0.1) is 28.5 Å². The SMILES string of the molecule is CC(C)n1cc(C(=O)Nc2cc3cn[nH]c3cc2F)c2ncc(-c3ccc(N)cc3)cc21. The Morgan fingerprint density at radius 3 is 2.66 bits per heavy atom. The number of hydrogen-bond acceptors (Lipinski definition) is 4. The summed E-state index contributed by atoms with van der Waals surface area (Å²) in [5.41, 5.74) is 10.8. The molecule has 0 saturated carbocycles. The molecule has 2 aromatic carbocycles. The Hall–Kier alpha value is -4.20. The molecule has 0 bridgehead atoms. The molecular formula is C24H21FN6O. The first kappa shape index (κ1) is 19.7. The Balaban J connectivity index is 1.56. The Morgan fingerprint density at radius 1 is 1.12 bits per heavy atom. The third-order valence-electron chi connectivity index (χ3n) is 5.49. The fraction of sp³-hybridized carbons (Fsp3) is 0.125. The van der Waals surface area contributed by atoms with Gasteiger partial charge in [0.1, 0.15) is 11.3 Å². The molecule has 5 aromatic rings. The number of aromatic amines is 1. The average molecular weight is 428 g/mol. The van der Waals surface area contributed by atoms with Crippen molar-refractivity contribution in [3.8, 4) is 11.1 Å². The third-order valence-corrected chi connectivity index (χ3v) is 5.49. The number of nitrogens with one attached hydrogen (secondary N) is 2. The molecule has 0 radical (unpaired) electrons. The summed E-state index contributed by atoms with van der Waals surface area (Å²) in [5, 5.41) is 10.00. The number of fused-ring (bicyclic) bond motifs is 2. The van der Waals surface area contributed by atoms with E-state index in [0.29, 0.717) is 27.7 Å². The normalized spacial score (nSPS) is 11.5. The lowest BCUT2D eigenvalue weighted by molar-refractivity contribution is 0.102. The van der Waals surface area contributed by atoms with Crippen LogP contribution in [0.25, 0.3) is 33.1 Å². The highest BCUT2D eigenvalue weighted by Crippen LogP contribution is 2.29. The van der Waals surface area contributed by atoms with E-state index in [4.69, 9.17) is 5.73 Å². The molecule has 160 valence electrons. The van der Waals surface area contributed by atoms with Crippen LogP contribution in [0.3, 0.4) is 0 Å². The van der Waals surface area contributed by atoms with E-state index in [-0.39, 0.29) is 11.7 Å². The van der Waals surface area contributed by atoms with Crippen molar-refractivity contribution in [2.75, 3.05) is 11.1 Å². The first-order chi connectivity index (χ1) is 15.4. The van der Waals surface area contributed by atoms with Crippen LogP contribution in [0.1, 0.15) is 30.2 Å². The van der Waals surface area contributed by atoms with E-state index in [1.807, 2.05) is 48.7 Å². The second-order valence-electron chi connectivity index (χ2n) is 8.00. The standard InChI is InChI=1S/C24H21FN6O/c1-13(2)31-12-18(24(32)29-21-7-16-11-28-30-20(16)9-19(21)25)23-22(31)8-15(10-27-23)14-3-5-17(26)6-4-14/h3-13H,26H2,1-2H3,(H,28,30)(H,29,32). The van der Waals surface area contributed by atoms with Gasteiger partial charge in [0.2, 0.25) is 0 Å². The zero-order valence-corrected chi connectivity index (χ0v) is 17.6. The molecule has 7 nitrogen and oxygen atoms in total. The largest absolute Gasteiger partial charge is 0.399 e. The number of halogens is 1. The van der Waals surface area contributed by atoms with Gasteiger partial charge in [0.15, 0.2) is 0 Å². The molecule has 5 rings (SSSR count). The molecular weight excluding hydrogens is 407 g/mol. The highest BCUT2D eigenvalue weighted by molar-refractivity contribution is 6.12. The van der Waals surface area contributed by atoms with E-state index in [1.54, 1.807) is 24.7 Å². The number of amides is 1. The predicted octanol–water partition coefficient (Wildman–Crippen LogP) is 5.13. The molecule has 0 aliphatic heterocycles. The molecule has 1 amide bonds. The number of pyridine rings is 1. The second kappa shape index (κ2) is 7.49. The zero-order valence-electron chi connectivity index (χ0n) is 17.6. The fourth-order valence-corrected chi connectivity index (χ4v) is 3.80. The van der Waals surface area contributed by atoms with Crippen molar-refractivity contribution in [2.45, 2.75) is 19.9 Å². The van der Waals surface area contributed by atoms with Crippen LogP contribution in [0.15, 0.2) is 61.1 Å². The summed E-state index contributed by atoms with van der Waals surface area (Å²) in [6.07, 6.45) is 5.07. The van der Waals surface area contributed by atoms with E-state index in [2.05, 4.69) is 20.5 Å². The topological polar surface area (TPSA) is 102 Å². The molecule has 3 heterocycles. The van der Waals surface area contributed by atoms with Crippen LogP contribution in [0.4, 0.5) is 15.8 Å². The van der Waals surface area contributed by atoms with Gasteiger partial charge in [-0.1, -0.05) is 12.1 Å². The van der Waals surface area contributed by atoms with Crippen molar-refractivity contribution >= 4 is 39.2 Å². The van der Waals surface area contributed by atoms with Crippen LogP contribution in [0.5, 0.6) is 0 Å². The summed E-state index contributed by atoms with van der Waals surface area (Å²) in [6, 6.07) is 12.5. The quantitative estimate of drug-likeness (QED) is 0.345. The van der Waals surface area contributed by atoms with Gasteiger partial charge >= 0.3 is 0 Å². The van der Waals surface area contributed by atoms with Gasteiger partial charge in [-0.2, -0.15) is 5.10 Å². The van der Waals surface area contributed by atoms with E-state index in [9.17, 15) is 9.18 Å². The number of carbonyl (C=O) groups excluding carboxylic acids is 1. The number of anilines is 2. The monoisotopic (exact) mass is 428 g/mol. The van der Waals surface area contributed by atoms with E-state index in [0.717, 1.165) is 16.6 Å². The number of hydrogen-bond donors (Lipinski definition) is 3. The van der Waals surface area contributed by atoms with E-state index < -0.39 is 11.7 Å². The molecule has 4 N–H and O–H groups in total. The number of rotatable bonds is 4. The lowest BCUT2D eigenvalue weighted by atomic mass is 10.1. The molecule has 8 heteroatoms. The summed E-state index contributed by atoms with van der Waals surface area (Å²) in [7, 11) is 0. The maximum Gasteiger partial charge on any atom is 0.259 e. The summed E-state index contributed by atoms with van der Waals surface area (Å²) < 4.78 is 16.5. The minimum Gasteiger partial charge on any atom is -0.399 e. The maximum atomic E-state index is 14.5. The number of nitrogens with two attached hydrogens (primary N) is 1. The third kappa shape index (κ3) is 3.35. The average Bonchev–Trinajstić information content (AvgIpc) is 3.38. The van der Waals surface area contributed by atoms with Crippen LogP contribution in [0, 0.1) is 5.82 Å². The van der Waals surface area contributed by atoms with Crippen molar-refractivity contribution in [3.05, 3.63) is 72.4 Å². The van der Waals surface area contributed by atoms with Crippen LogP contribution in [-0.4, -0.2) is 25.7 Å². The molecule has 32 heavy (non-hydrogen) atoms. The Bertz CT molecular complexity index is 1470. The summed E-state index contributed by atoms with van der Waals surface area (Å²) in [5.74, 6) is -0.967. The highest BCUT2D eigenvalue weighted by Gasteiger charge is 2.20. The molecule has 0 aliphatic carbocycles. The Labute approximate surface area is 183 Å². The Kier molecular flexibility index (Phi) is 4.62. The van der Waals surface area contributed by atoms with Gasteiger partial charge in [-0.3, -0.25) is 14.9 Å². The fourth-order valence-electron chi connectivity index (χ4n) is 3.80. The zero-order chi connectivity index (χ0) is 22.4. The number of nitrogens with zero attached hydrogens (tertiary/aromatic N) is 3. The van der Waals surface area contributed by atoms with Gasteiger partial charge < -0.3 is 15.6 Å². The number of nitrogen functional groups attached to an aromatic ring is 1. The summed E-state index contributed by atoms with van der Waals surface area (Å²) >= 11 is 0. The van der Waals surface area contributed by atoms with E-state index >= 15 is 0 Å². The van der Waals surface area contributed by atoms with Crippen molar-refractivity contribution in [1.29, 1.82) is 0 Å². The van der Waals surface area contributed by atoms with Gasteiger partial charge in [0, 0.05) is 41.1 Å². The maximum absolute atomic E-state index is 14.5. The molecule has 0 fully saturated rings. The highest BCUT2D eigenvalue weighted by atomic mass is 19.1. The second-order valence-corrected chi connectivity index (χ2v) is 8.00. The first-order valence-electron chi connectivity index (χ1n) is 10.2. The van der Waals surface area contributed by atoms with Crippen LogP contribution < -0.4 is 11.1 Å². The first-order valence-corrected chi connectivity index (χ1v) is 10.2. The lowest BCUT2D eigenvalue weighted by Crippen LogP contribution is -2.13. The van der Waals surface area contributed by atoms with E-state index in [1.165, 1.54) is 6.07 Å². The molecule has 0 unspecified atom stereocenters. The van der Waals surface area contributed by atoms with Crippen molar-refractivity contribution < 1.29 is 9.18 Å². The number of benzene rings is 2. The van der Waals surface area contributed by atoms with Gasteiger partial charge in [-0.05, 0) is 43.7 Å². The van der Waals surface area contributed by atoms with Crippen molar-refractivity contribution in [2.24, 2.45) is 0 Å². The van der Waals surface area contributed by atoms with Crippen LogP contribution in [-0.2, 0) is 0 Å². The summed E-state index contributed by atoms with van der Waals surface area (Å²) in [4.78, 5) is 17.7. The molecule has 0 atom stereocenters. The van der Waals surface area contributed by atoms with Gasteiger partial charge in [0.25, 0.3) is 5.91 Å². The smallest absolute Gasteiger partial charge is 0.259 e. The molecule has 0 aliphatic rings. The Morgan fingerprint density at radius 2 is 1.91 bits per heavy atom.